The second-order valence-electron chi connectivity index (χ2n) is 3.96. The van der Waals surface area contributed by atoms with E-state index in [1.807, 2.05) is 37.3 Å². The number of aromatic nitrogens is 3. The first-order chi connectivity index (χ1) is 8.34. The molecule has 3 heteroatoms. The van der Waals surface area contributed by atoms with Crippen LogP contribution in [0.1, 0.15) is 5.56 Å². The molecule has 17 heavy (non-hydrogen) atoms. The van der Waals surface area contributed by atoms with E-state index in [2.05, 4.69) is 27.3 Å². The van der Waals surface area contributed by atoms with Gasteiger partial charge in [-0.2, -0.15) is 5.10 Å². The fourth-order valence-corrected chi connectivity index (χ4v) is 1.91. The van der Waals surface area contributed by atoms with E-state index in [4.69, 9.17) is 0 Å². The summed E-state index contributed by atoms with van der Waals surface area (Å²) < 4.78 is 0. The molecule has 82 valence electrons. The van der Waals surface area contributed by atoms with Gasteiger partial charge in [0.25, 0.3) is 0 Å². The first kappa shape index (κ1) is 9.90. The van der Waals surface area contributed by atoms with Crippen LogP contribution in [0.5, 0.6) is 0 Å². The molecule has 2 aromatic heterocycles. The Morgan fingerprint density at radius 2 is 1.88 bits per heavy atom. The number of fused-ring (bicyclic) bond motifs is 1. The topological polar surface area (TPSA) is 38.7 Å². The quantitative estimate of drug-likeness (QED) is 0.634. The van der Waals surface area contributed by atoms with E-state index in [0.29, 0.717) is 0 Å². The van der Waals surface area contributed by atoms with Gasteiger partial charge in [-0.1, -0.05) is 18.2 Å². The van der Waals surface area contributed by atoms with Gasteiger partial charge in [0.1, 0.15) is 5.69 Å². The highest BCUT2D eigenvalue weighted by Gasteiger charge is 2.06. The van der Waals surface area contributed by atoms with Gasteiger partial charge >= 0.3 is 0 Å². The highest BCUT2D eigenvalue weighted by Crippen LogP contribution is 2.22. The molecule has 3 aromatic rings. The van der Waals surface area contributed by atoms with Crippen molar-refractivity contribution in [1.82, 2.24) is 15.2 Å². The highest BCUT2D eigenvalue weighted by molar-refractivity contribution is 5.82. The van der Waals surface area contributed by atoms with Gasteiger partial charge in [-0.25, -0.2) is 4.98 Å². The summed E-state index contributed by atoms with van der Waals surface area (Å²) >= 11 is 0. The molecule has 0 aliphatic carbocycles. The standard InChI is InChI=1S/C14H11N3/c1-10-9-11-5-2-3-6-12(11)16-14(10)13-7-4-8-15-17-13/h2-9H,1H3. The van der Waals surface area contributed by atoms with Crippen molar-refractivity contribution in [3.8, 4) is 11.4 Å². The molecule has 0 spiro atoms. The predicted octanol–water partition coefficient (Wildman–Crippen LogP) is 3.00. The number of benzene rings is 1. The van der Waals surface area contributed by atoms with Crippen molar-refractivity contribution < 1.29 is 0 Å². The third-order valence-electron chi connectivity index (χ3n) is 2.73. The Kier molecular flexibility index (Phi) is 2.29. The zero-order valence-corrected chi connectivity index (χ0v) is 9.46. The summed E-state index contributed by atoms with van der Waals surface area (Å²) in [7, 11) is 0. The van der Waals surface area contributed by atoms with Crippen LogP contribution in [0.3, 0.4) is 0 Å². The second kappa shape index (κ2) is 3.94. The minimum Gasteiger partial charge on any atom is -0.246 e. The van der Waals surface area contributed by atoms with E-state index < -0.39 is 0 Å². The van der Waals surface area contributed by atoms with Crippen LogP contribution < -0.4 is 0 Å². The molecule has 0 atom stereocenters. The number of hydrogen-bond donors (Lipinski definition) is 0. The zero-order chi connectivity index (χ0) is 11.7. The Morgan fingerprint density at radius 3 is 2.71 bits per heavy atom. The maximum Gasteiger partial charge on any atom is 0.112 e. The largest absolute Gasteiger partial charge is 0.246 e. The molecule has 0 N–H and O–H groups in total. The number of hydrogen-bond acceptors (Lipinski definition) is 3. The SMILES string of the molecule is Cc1cc2ccccc2nc1-c1cccnn1. The summed E-state index contributed by atoms with van der Waals surface area (Å²) in [6.07, 6.45) is 1.67. The normalized spacial score (nSPS) is 10.6. The van der Waals surface area contributed by atoms with Crippen molar-refractivity contribution in [2.45, 2.75) is 6.92 Å². The summed E-state index contributed by atoms with van der Waals surface area (Å²) in [5.41, 5.74) is 3.82. The van der Waals surface area contributed by atoms with Gasteiger partial charge in [-0.15, -0.1) is 5.10 Å². The minimum absolute atomic E-state index is 0.816. The van der Waals surface area contributed by atoms with Crippen molar-refractivity contribution >= 4 is 10.9 Å². The molecular weight excluding hydrogens is 210 g/mol. The summed E-state index contributed by atoms with van der Waals surface area (Å²) in [4.78, 5) is 4.64. The number of rotatable bonds is 1. The molecule has 0 saturated carbocycles. The van der Waals surface area contributed by atoms with Crippen LogP contribution >= 0.6 is 0 Å². The van der Waals surface area contributed by atoms with Crippen LogP contribution in [0, 0.1) is 6.92 Å². The van der Waals surface area contributed by atoms with E-state index in [0.717, 1.165) is 27.9 Å². The van der Waals surface area contributed by atoms with Crippen LogP contribution in [-0.2, 0) is 0 Å². The molecule has 0 unspecified atom stereocenters. The Balaban J connectivity index is 2.27. The average molecular weight is 221 g/mol. The van der Waals surface area contributed by atoms with Crippen LogP contribution in [0.4, 0.5) is 0 Å². The number of pyridine rings is 1. The first-order valence-corrected chi connectivity index (χ1v) is 5.49. The van der Waals surface area contributed by atoms with Crippen molar-refractivity contribution in [3.63, 3.8) is 0 Å². The van der Waals surface area contributed by atoms with Gasteiger partial charge in [0, 0.05) is 11.6 Å². The van der Waals surface area contributed by atoms with Gasteiger partial charge < -0.3 is 0 Å². The maximum atomic E-state index is 4.64. The zero-order valence-electron chi connectivity index (χ0n) is 9.46. The molecule has 0 aliphatic heterocycles. The lowest BCUT2D eigenvalue weighted by Gasteiger charge is -2.05. The van der Waals surface area contributed by atoms with Crippen LogP contribution in [-0.4, -0.2) is 15.2 Å². The van der Waals surface area contributed by atoms with Gasteiger partial charge in [-0.05, 0) is 36.8 Å². The van der Waals surface area contributed by atoms with E-state index >= 15 is 0 Å². The average Bonchev–Trinajstić information content (AvgIpc) is 2.39. The first-order valence-electron chi connectivity index (χ1n) is 5.49. The van der Waals surface area contributed by atoms with Crippen molar-refractivity contribution in [2.24, 2.45) is 0 Å². The monoisotopic (exact) mass is 221 g/mol. The molecule has 0 fully saturated rings. The molecule has 3 rings (SSSR count). The summed E-state index contributed by atoms with van der Waals surface area (Å²) in [5, 5.41) is 9.15. The molecule has 3 nitrogen and oxygen atoms in total. The Labute approximate surface area is 99.2 Å². The smallest absolute Gasteiger partial charge is 0.112 e. The van der Waals surface area contributed by atoms with Crippen molar-refractivity contribution in [2.75, 3.05) is 0 Å². The van der Waals surface area contributed by atoms with E-state index in [1.54, 1.807) is 6.20 Å². The minimum atomic E-state index is 0.816. The number of nitrogens with zero attached hydrogens (tertiary/aromatic N) is 3. The number of aryl methyl sites for hydroxylation is 1. The van der Waals surface area contributed by atoms with Crippen molar-refractivity contribution in [3.05, 3.63) is 54.2 Å². The lowest BCUT2D eigenvalue weighted by atomic mass is 10.1. The Bertz CT molecular complexity index is 663. The fourth-order valence-electron chi connectivity index (χ4n) is 1.91. The van der Waals surface area contributed by atoms with E-state index in [1.165, 1.54) is 0 Å². The predicted molar refractivity (Wildman–Crippen MR) is 67.5 cm³/mol. The molecule has 0 radical (unpaired) electrons. The lowest BCUT2D eigenvalue weighted by Crippen LogP contribution is -1.93. The fraction of sp³-hybridized carbons (Fsp3) is 0.0714. The van der Waals surface area contributed by atoms with Crippen LogP contribution in [0.25, 0.3) is 22.3 Å². The Hall–Kier alpha value is -2.29. The third kappa shape index (κ3) is 1.76. The summed E-state index contributed by atoms with van der Waals surface area (Å²) in [6, 6.07) is 14.0. The van der Waals surface area contributed by atoms with Gasteiger partial charge in [0.15, 0.2) is 0 Å². The molecule has 1 aromatic carbocycles. The van der Waals surface area contributed by atoms with Crippen molar-refractivity contribution in [1.29, 1.82) is 0 Å². The second-order valence-corrected chi connectivity index (χ2v) is 3.96. The van der Waals surface area contributed by atoms with Gasteiger partial charge in [-0.3, -0.25) is 0 Å². The molecule has 0 saturated heterocycles. The molecule has 2 heterocycles. The summed E-state index contributed by atoms with van der Waals surface area (Å²) in [5.74, 6) is 0. The molecular formula is C14H11N3. The maximum absolute atomic E-state index is 4.64. The molecule has 0 amide bonds. The van der Waals surface area contributed by atoms with Gasteiger partial charge in [0.05, 0.1) is 11.2 Å². The van der Waals surface area contributed by atoms with Gasteiger partial charge in [0.2, 0.25) is 0 Å². The number of para-hydroxylation sites is 1. The van der Waals surface area contributed by atoms with Crippen LogP contribution in [0.2, 0.25) is 0 Å². The molecule has 0 bridgehead atoms. The lowest BCUT2D eigenvalue weighted by molar-refractivity contribution is 1.03. The Morgan fingerprint density at radius 1 is 1.00 bits per heavy atom. The molecule has 0 aliphatic rings. The summed E-state index contributed by atoms with van der Waals surface area (Å²) in [6.45, 7) is 2.05. The third-order valence-corrected chi connectivity index (χ3v) is 2.73. The highest BCUT2D eigenvalue weighted by atomic mass is 15.1. The van der Waals surface area contributed by atoms with E-state index in [-0.39, 0.29) is 0 Å². The van der Waals surface area contributed by atoms with E-state index in [9.17, 15) is 0 Å². The van der Waals surface area contributed by atoms with Crippen LogP contribution in [0.15, 0.2) is 48.7 Å².